The number of halogens is 1. The highest BCUT2D eigenvalue weighted by Crippen LogP contribution is 2.28. The Labute approximate surface area is 239 Å². The monoisotopic (exact) mass is 557 g/mol. The van der Waals surface area contributed by atoms with Crippen molar-refractivity contribution in [2.24, 2.45) is 0 Å². The van der Waals surface area contributed by atoms with Gasteiger partial charge in [0.05, 0.1) is 20.6 Å². The summed E-state index contributed by atoms with van der Waals surface area (Å²) in [5.74, 6) is 0.669. The highest BCUT2D eigenvalue weighted by Gasteiger charge is 2.30. The first-order valence-corrected chi connectivity index (χ1v) is 13.3. The van der Waals surface area contributed by atoms with Crippen molar-refractivity contribution in [3.8, 4) is 11.5 Å². The van der Waals surface area contributed by atoms with Crippen LogP contribution in [0.4, 0.5) is 0 Å². The maximum atomic E-state index is 14.0. The largest absolute Gasteiger partial charge is 0.493 e. The number of pyridine rings is 1. The minimum absolute atomic E-state index is 0.0785. The third-order valence-corrected chi connectivity index (χ3v) is 6.78. The van der Waals surface area contributed by atoms with Gasteiger partial charge in [-0.2, -0.15) is 0 Å². The van der Waals surface area contributed by atoms with Gasteiger partial charge in [-0.05, 0) is 52.6 Å². The van der Waals surface area contributed by atoms with Crippen LogP contribution in [0.1, 0.15) is 22.3 Å². The van der Waals surface area contributed by atoms with Gasteiger partial charge in [0.2, 0.25) is 11.8 Å². The number of benzene rings is 3. The predicted molar refractivity (Wildman–Crippen MR) is 155 cm³/mol. The molecule has 206 valence electrons. The molecule has 2 amide bonds. The fraction of sp³-hybridized carbons (Fsp3) is 0.219. The van der Waals surface area contributed by atoms with E-state index in [1.165, 1.54) is 0 Å². The standard InChI is InChI=1S/C32H32ClN3O4/c1-39-29-15-12-25(18-30(29)40-2)19-31(37)36(22-24-10-13-27(33)14-11-24)28(17-23-7-4-3-5-8-23)32(38)35-21-26-9-6-16-34-20-26/h3-16,18,20,28H,17,19,21-22H2,1-2H3,(H,35,38)/t28-/m0/s1. The number of ether oxygens (including phenoxy) is 2. The highest BCUT2D eigenvalue weighted by atomic mass is 35.5. The van der Waals surface area contributed by atoms with Crippen LogP contribution in [0.25, 0.3) is 0 Å². The average molecular weight is 558 g/mol. The van der Waals surface area contributed by atoms with Gasteiger partial charge in [0.1, 0.15) is 6.04 Å². The molecule has 1 aromatic heterocycles. The van der Waals surface area contributed by atoms with E-state index in [4.69, 9.17) is 21.1 Å². The molecule has 1 heterocycles. The summed E-state index contributed by atoms with van der Waals surface area (Å²) in [7, 11) is 3.12. The summed E-state index contributed by atoms with van der Waals surface area (Å²) in [6.07, 6.45) is 3.82. The van der Waals surface area contributed by atoms with E-state index in [0.717, 1.165) is 22.3 Å². The van der Waals surface area contributed by atoms with E-state index in [0.29, 0.717) is 29.5 Å². The number of amides is 2. The SMILES string of the molecule is COc1ccc(CC(=O)N(Cc2ccc(Cl)cc2)[C@@H](Cc2ccccc2)C(=O)NCc2cccnc2)cc1OC. The number of nitrogens with zero attached hydrogens (tertiary/aromatic N) is 2. The first-order valence-electron chi connectivity index (χ1n) is 12.9. The third-order valence-electron chi connectivity index (χ3n) is 6.53. The maximum absolute atomic E-state index is 14.0. The van der Waals surface area contributed by atoms with Crippen molar-refractivity contribution < 1.29 is 19.1 Å². The number of carbonyl (C=O) groups excluding carboxylic acids is 2. The highest BCUT2D eigenvalue weighted by molar-refractivity contribution is 6.30. The Balaban J connectivity index is 1.66. The molecule has 0 unspecified atom stereocenters. The number of hydrogen-bond acceptors (Lipinski definition) is 5. The molecule has 0 saturated heterocycles. The van der Waals surface area contributed by atoms with Gasteiger partial charge in [-0.25, -0.2) is 0 Å². The Morgan fingerprint density at radius 2 is 1.55 bits per heavy atom. The summed E-state index contributed by atoms with van der Waals surface area (Å²) < 4.78 is 10.8. The van der Waals surface area contributed by atoms with Gasteiger partial charge in [-0.3, -0.25) is 14.6 Å². The van der Waals surface area contributed by atoms with Gasteiger partial charge in [0, 0.05) is 36.9 Å². The van der Waals surface area contributed by atoms with Gasteiger partial charge < -0.3 is 19.7 Å². The molecule has 0 aliphatic rings. The quantitative estimate of drug-likeness (QED) is 0.257. The van der Waals surface area contributed by atoms with E-state index < -0.39 is 6.04 Å². The molecule has 4 rings (SSSR count). The van der Waals surface area contributed by atoms with E-state index in [-0.39, 0.29) is 24.8 Å². The second-order valence-electron chi connectivity index (χ2n) is 9.30. The molecule has 1 atom stereocenters. The Morgan fingerprint density at radius 1 is 0.850 bits per heavy atom. The molecule has 0 saturated carbocycles. The molecule has 3 aromatic carbocycles. The van der Waals surface area contributed by atoms with Crippen molar-refractivity contribution in [2.75, 3.05) is 14.2 Å². The Kier molecular flexibility index (Phi) is 10.1. The van der Waals surface area contributed by atoms with Crippen molar-refractivity contribution >= 4 is 23.4 Å². The number of hydrogen-bond donors (Lipinski definition) is 1. The first kappa shape index (κ1) is 28.6. The molecule has 1 N–H and O–H groups in total. The van der Waals surface area contributed by atoms with Crippen molar-refractivity contribution in [1.82, 2.24) is 15.2 Å². The molecular formula is C32H32ClN3O4. The zero-order valence-corrected chi connectivity index (χ0v) is 23.3. The van der Waals surface area contributed by atoms with Crippen LogP contribution in [-0.2, 0) is 35.5 Å². The number of aromatic nitrogens is 1. The summed E-state index contributed by atoms with van der Waals surface area (Å²) in [6.45, 7) is 0.539. The van der Waals surface area contributed by atoms with Gasteiger partial charge in [0.25, 0.3) is 0 Å². The lowest BCUT2D eigenvalue weighted by molar-refractivity contribution is -0.140. The van der Waals surface area contributed by atoms with E-state index in [1.807, 2.05) is 60.7 Å². The van der Waals surface area contributed by atoms with E-state index >= 15 is 0 Å². The molecule has 40 heavy (non-hydrogen) atoms. The molecule has 0 aliphatic carbocycles. The lowest BCUT2D eigenvalue weighted by atomic mass is 10.0. The van der Waals surface area contributed by atoms with Gasteiger partial charge in [-0.1, -0.05) is 66.2 Å². The molecule has 0 fully saturated rings. The molecule has 7 nitrogen and oxygen atoms in total. The van der Waals surface area contributed by atoms with Crippen LogP contribution in [0.5, 0.6) is 11.5 Å². The molecule has 0 aliphatic heterocycles. The summed E-state index contributed by atoms with van der Waals surface area (Å²) in [5, 5.41) is 3.62. The van der Waals surface area contributed by atoms with E-state index in [1.54, 1.807) is 55.8 Å². The number of rotatable bonds is 12. The zero-order valence-electron chi connectivity index (χ0n) is 22.5. The molecule has 0 bridgehead atoms. The minimum Gasteiger partial charge on any atom is -0.493 e. The van der Waals surface area contributed by atoms with Crippen molar-refractivity contribution in [3.05, 3.63) is 125 Å². The van der Waals surface area contributed by atoms with Crippen LogP contribution in [-0.4, -0.2) is 42.0 Å². The lowest BCUT2D eigenvalue weighted by Crippen LogP contribution is -2.50. The second kappa shape index (κ2) is 14.1. The topological polar surface area (TPSA) is 80.8 Å². The number of carbonyl (C=O) groups is 2. The molecule has 8 heteroatoms. The van der Waals surface area contributed by atoms with Crippen LogP contribution >= 0.6 is 11.6 Å². The molecule has 4 aromatic rings. The van der Waals surface area contributed by atoms with Gasteiger partial charge in [0.15, 0.2) is 11.5 Å². The fourth-order valence-electron chi connectivity index (χ4n) is 4.42. The van der Waals surface area contributed by atoms with Crippen LogP contribution in [0.3, 0.4) is 0 Å². The van der Waals surface area contributed by atoms with E-state index in [2.05, 4.69) is 10.3 Å². The Hall–Kier alpha value is -4.36. The average Bonchev–Trinajstić information content (AvgIpc) is 2.99. The van der Waals surface area contributed by atoms with Crippen LogP contribution in [0, 0.1) is 0 Å². The normalized spacial score (nSPS) is 11.4. The summed E-state index contributed by atoms with van der Waals surface area (Å²) in [6, 6.07) is 25.3. The summed E-state index contributed by atoms with van der Waals surface area (Å²) in [4.78, 5) is 33.5. The minimum atomic E-state index is -0.762. The van der Waals surface area contributed by atoms with Crippen LogP contribution in [0.2, 0.25) is 5.02 Å². The maximum Gasteiger partial charge on any atom is 0.243 e. The number of methoxy groups -OCH3 is 2. The van der Waals surface area contributed by atoms with E-state index in [9.17, 15) is 9.59 Å². The predicted octanol–water partition coefficient (Wildman–Crippen LogP) is 5.25. The molecule has 0 spiro atoms. The second-order valence-corrected chi connectivity index (χ2v) is 9.74. The van der Waals surface area contributed by atoms with Gasteiger partial charge >= 0.3 is 0 Å². The van der Waals surface area contributed by atoms with Crippen molar-refractivity contribution in [3.63, 3.8) is 0 Å². The first-order chi connectivity index (χ1) is 19.5. The van der Waals surface area contributed by atoms with Gasteiger partial charge in [-0.15, -0.1) is 0 Å². The lowest BCUT2D eigenvalue weighted by Gasteiger charge is -2.32. The zero-order chi connectivity index (χ0) is 28.3. The molecular weight excluding hydrogens is 526 g/mol. The Morgan fingerprint density at radius 3 is 2.23 bits per heavy atom. The Bertz CT molecular complexity index is 1400. The van der Waals surface area contributed by atoms with Crippen molar-refractivity contribution in [1.29, 1.82) is 0 Å². The van der Waals surface area contributed by atoms with Crippen molar-refractivity contribution in [2.45, 2.75) is 32.0 Å². The summed E-state index contributed by atoms with van der Waals surface area (Å²) >= 11 is 6.12. The third kappa shape index (κ3) is 7.83. The fourth-order valence-corrected chi connectivity index (χ4v) is 4.54. The number of nitrogens with one attached hydrogen (secondary N) is 1. The molecule has 0 radical (unpaired) electrons. The van der Waals surface area contributed by atoms with Crippen LogP contribution < -0.4 is 14.8 Å². The van der Waals surface area contributed by atoms with Crippen LogP contribution in [0.15, 0.2) is 97.3 Å². The summed E-state index contributed by atoms with van der Waals surface area (Å²) in [5.41, 5.74) is 3.43. The smallest absolute Gasteiger partial charge is 0.243 e.